The number of aromatic nitrogens is 2. The van der Waals surface area contributed by atoms with E-state index in [-0.39, 0.29) is 6.04 Å². The topological polar surface area (TPSA) is 79.7 Å². The minimum absolute atomic E-state index is 0.198. The van der Waals surface area contributed by atoms with Gasteiger partial charge >= 0.3 is 0 Å². The van der Waals surface area contributed by atoms with Crippen molar-refractivity contribution >= 4 is 11.6 Å². The molecule has 0 bridgehead atoms. The summed E-state index contributed by atoms with van der Waals surface area (Å²) >= 11 is 0. The first-order valence-corrected chi connectivity index (χ1v) is 6.59. The summed E-state index contributed by atoms with van der Waals surface area (Å²) in [6.45, 7) is 6.60. The summed E-state index contributed by atoms with van der Waals surface area (Å²) in [7, 11) is 0. The molecule has 0 fully saturated rings. The van der Waals surface area contributed by atoms with Crippen LogP contribution in [0.1, 0.15) is 30.5 Å². The van der Waals surface area contributed by atoms with Gasteiger partial charge in [0.15, 0.2) is 5.82 Å². The summed E-state index contributed by atoms with van der Waals surface area (Å²) in [6, 6.07) is 10.5. The first-order chi connectivity index (χ1) is 9.51. The number of nitrogen functional groups attached to an aromatic ring is 1. The van der Waals surface area contributed by atoms with Crippen LogP contribution in [0.15, 0.2) is 24.3 Å². The lowest BCUT2D eigenvalue weighted by Crippen LogP contribution is -2.11. The average Bonchev–Trinajstić information content (AvgIpc) is 2.64. The third-order valence-electron chi connectivity index (χ3n) is 2.94. The minimum atomic E-state index is 0.198. The third kappa shape index (κ3) is 2.91. The lowest BCUT2D eigenvalue weighted by atomic mass is 10.1. The molecule has 0 unspecified atom stereocenters. The number of hydrogen-bond acceptors (Lipinski definition) is 4. The van der Waals surface area contributed by atoms with E-state index in [0.29, 0.717) is 23.7 Å². The van der Waals surface area contributed by atoms with Crippen molar-refractivity contribution in [3.8, 4) is 6.07 Å². The molecule has 20 heavy (non-hydrogen) atoms. The molecule has 5 heteroatoms. The van der Waals surface area contributed by atoms with Crippen LogP contribution < -0.4 is 11.1 Å². The van der Waals surface area contributed by atoms with Gasteiger partial charge in [0, 0.05) is 6.04 Å². The zero-order valence-corrected chi connectivity index (χ0v) is 12.0. The number of nitriles is 1. The number of rotatable bonds is 4. The van der Waals surface area contributed by atoms with E-state index in [1.54, 1.807) is 4.68 Å². The monoisotopic (exact) mass is 269 g/mol. The Morgan fingerprint density at radius 2 is 2.20 bits per heavy atom. The van der Waals surface area contributed by atoms with Crippen LogP contribution in [0.5, 0.6) is 0 Å². The molecule has 1 aromatic heterocycles. The van der Waals surface area contributed by atoms with Crippen molar-refractivity contribution in [1.29, 1.82) is 5.26 Å². The zero-order valence-electron chi connectivity index (χ0n) is 12.0. The van der Waals surface area contributed by atoms with Crippen LogP contribution in [0, 0.1) is 18.3 Å². The molecule has 2 aromatic rings. The molecule has 0 saturated carbocycles. The smallest absolute Gasteiger partial charge is 0.168 e. The number of anilines is 2. The maximum Gasteiger partial charge on any atom is 0.168 e. The van der Waals surface area contributed by atoms with Crippen LogP contribution in [0.3, 0.4) is 0 Å². The van der Waals surface area contributed by atoms with E-state index in [2.05, 4.69) is 22.6 Å². The molecule has 5 nitrogen and oxygen atoms in total. The Kier molecular flexibility index (Phi) is 3.94. The maximum absolute atomic E-state index is 9.21. The summed E-state index contributed by atoms with van der Waals surface area (Å²) in [5, 5.41) is 16.8. The molecule has 1 heterocycles. The van der Waals surface area contributed by atoms with Crippen molar-refractivity contribution in [3.05, 3.63) is 41.0 Å². The van der Waals surface area contributed by atoms with Gasteiger partial charge in [-0.3, -0.25) is 0 Å². The Labute approximate surface area is 119 Å². The van der Waals surface area contributed by atoms with Gasteiger partial charge in [-0.1, -0.05) is 29.8 Å². The molecule has 1 aromatic carbocycles. The number of benzene rings is 1. The van der Waals surface area contributed by atoms with Crippen LogP contribution in [0.25, 0.3) is 0 Å². The largest absolute Gasteiger partial charge is 0.383 e. The molecule has 0 aliphatic rings. The Balaban J connectivity index is 2.33. The Morgan fingerprint density at radius 1 is 1.45 bits per heavy atom. The Morgan fingerprint density at radius 3 is 2.80 bits per heavy atom. The van der Waals surface area contributed by atoms with Gasteiger partial charge in [0.1, 0.15) is 17.5 Å². The highest BCUT2D eigenvalue weighted by Gasteiger charge is 2.16. The molecule has 0 amide bonds. The van der Waals surface area contributed by atoms with Crippen molar-refractivity contribution in [3.63, 3.8) is 0 Å². The first-order valence-electron chi connectivity index (χ1n) is 6.59. The molecule has 104 valence electrons. The molecule has 0 spiro atoms. The number of nitrogens with one attached hydrogen (secondary N) is 1. The van der Waals surface area contributed by atoms with Gasteiger partial charge in [-0.2, -0.15) is 10.4 Å². The zero-order chi connectivity index (χ0) is 14.7. The van der Waals surface area contributed by atoms with Crippen LogP contribution in [0.2, 0.25) is 0 Å². The second-order valence-corrected chi connectivity index (χ2v) is 5.17. The first kappa shape index (κ1) is 13.9. The number of aryl methyl sites for hydroxylation is 1. The molecule has 3 N–H and O–H groups in total. The highest BCUT2D eigenvalue weighted by molar-refractivity contribution is 5.64. The van der Waals surface area contributed by atoms with Crippen molar-refractivity contribution < 1.29 is 0 Å². The van der Waals surface area contributed by atoms with Crippen LogP contribution >= 0.6 is 0 Å². The molecule has 0 radical (unpaired) electrons. The fourth-order valence-corrected chi connectivity index (χ4v) is 2.06. The van der Waals surface area contributed by atoms with E-state index in [4.69, 9.17) is 5.73 Å². The highest BCUT2D eigenvalue weighted by Crippen LogP contribution is 2.22. The normalized spacial score (nSPS) is 10.6. The summed E-state index contributed by atoms with van der Waals surface area (Å²) in [4.78, 5) is 0. The molecule has 0 aliphatic heterocycles. The van der Waals surface area contributed by atoms with E-state index < -0.39 is 0 Å². The van der Waals surface area contributed by atoms with Crippen molar-refractivity contribution in [1.82, 2.24) is 9.78 Å². The minimum Gasteiger partial charge on any atom is -0.383 e. The van der Waals surface area contributed by atoms with Gasteiger partial charge in [0.2, 0.25) is 0 Å². The van der Waals surface area contributed by atoms with E-state index in [9.17, 15) is 5.26 Å². The van der Waals surface area contributed by atoms with Gasteiger partial charge < -0.3 is 11.1 Å². The maximum atomic E-state index is 9.21. The Bertz CT molecular complexity index is 649. The fraction of sp³-hybridized carbons (Fsp3) is 0.333. The molecular formula is C15H19N5. The third-order valence-corrected chi connectivity index (χ3v) is 2.94. The number of nitrogens with two attached hydrogens (primary N) is 1. The molecule has 0 saturated heterocycles. The fourth-order valence-electron chi connectivity index (χ4n) is 2.06. The van der Waals surface area contributed by atoms with E-state index >= 15 is 0 Å². The average molecular weight is 269 g/mol. The second kappa shape index (κ2) is 5.66. The van der Waals surface area contributed by atoms with Crippen LogP contribution in [-0.2, 0) is 6.54 Å². The standard InChI is InChI=1S/C15H19N5/c1-10(2)18-15-13(8-16)14(17)20(19-15)9-12-6-4-5-11(3)7-12/h4-7,10H,9,17H2,1-3H3,(H,18,19). The van der Waals surface area contributed by atoms with Gasteiger partial charge in [-0.25, -0.2) is 4.68 Å². The summed E-state index contributed by atoms with van der Waals surface area (Å²) in [5.74, 6) is 0.949. The van der Waals surface area contributed by atoms with Crippen molar-refractivity contribution in [2.24, 2.45) is 0 Å². The second-order valence-electron chi connectivity index (χ2n) is 5.17. The predicted octanol–water partition coefficient (Wildman–Crippen LogP) is 2.51. The number of hydrogen-bond donors (Lipinski definition) is 2. The summed E-state index contributed by atoms with van der Waals surface area (Å²) < 4.78 is 1.66. The van der Waals surface area contributed by atoms with Crippen molar-refractivity contribution in [2.75, 3.05) is 11.1 Å². The predicted molar refractivity (Wildman–Crippen MR) is 80.4 cm³/mol. The highest BCUT2D eigenvalue weighted by atomic mass is 15.3. The lowest BCUT2D eigenvalue weighted by Gasteiger charge is -2.06. The van der Waals surface area contributed by atoms with E-state index in [0.717, 1.165) is 5.56 Å². The van der Waals surface area contributed by atoms with Gasteiger partial charge in [-0.05, 0) is 26.3 Å². The van der Waals surface area contributed by atoms with Crippen LogP contribution in [-0.4, -0.2) is 15.8 Å². The van der Waals surface area contributed by atoms with Gasteiger partial charge in [0.25, 0.3) is 0 Å². The van der Waals surface area contributed by atoms with Crippen molar-refractivity contribution in [2.45, 2.75) is 33.4 Å². The van der Waals surface area contributed by atoms with Gasteiger partial charge in [0.05, 0.1) is 6.54 Å². The number of nitrogens with zero attached hydrogens (tertiary/aromatic N) is 3. The SMILES string of the molecule is Cc1cccc(Cn2nc(NC(C)C)c(C#N)c2N)c1. The molecule has 0 aliphatic carbocycles. The summed E-state index contributed by atoms with van der Waals surface area (Å²) in [6.07, 6.45) is 0. The van der Waals surface area contributed by atoms with E-state index in [1.165, 1.54) is 5.56 Å². The molecule has 2 rings (SSSR count). The lowest BCUT2D eigenvalue weighted by molar-refractivity contribution is 0.695. The quantitative estimate of drug-likeness (QED) is 0.893. The van der Waals surface area contributed by atoms with E-state index in [1.807, 2.05) is 39.0 Å². The summed E-state index contributed by atoms with van der Waals surface area (Å²) in [5.41, 5.74) is 8.72. The molecule has 0 atom stereocenters. The van der Waals surface area contributed by atoms with Crippen LogP contribution in [0.4, 0.5) is 11.6 Å². The molecular weight excluding hydrogens is 250 g/mol. The Hall–Kier alpha value is -2.48. The van der Waals surface area contributed by atoms with Gasteiger partial charge in [-0.15, -0.1) is 0 Å².